The first kappa shape index (κ1) is 14.4. The third kappa shape index (κ3) is 3.20. The normalized spacial score (nSPS) is 15.3. The topological polar surface area (TPSA) is 76.1 Å². The monoisotopic (exact) mass is 324 g/mol. The first-order valence-corrected chi connectivity index (χ1v) is 8.27. The summed E-state index contributed by atoms with van der Waals surface area (Å²) in [6.07, 6.45) is 7.54. The maximum atomic E-state index is 12.7. The molecule has 3 rings (SSSR count). The van der Waals surface area contributed by atoms with Crippen LogP contribution in [0.5, 0.6) is 0 Å². The molecule has 2 aromatic rings. The van der Waals surface area contributed by atoms with Crippen LogP contribution in [0.1, 0.15) is 18.4 Å². The average Bonchev–Trinajstić information content (AvgIpc) is 3.31. The van der Waals surface area contributed by atoms with E-state index in [0.29, 0.717) is 6.54 Å². The molecule has 0 aromatic carbocycles. The molecule has 8 heteroatoms. The lowest BCUT2D eigenvalue weighted by molar-refractivity contribution is 0.398. The standard InChI is InChI=1S/C13H13ClN4O2S/c14-13-16-7-12(8-17-13)21(19,20)18(11-1-2-11)9-10-3-5-15-6-4-10/h3-8,11H,1-2,9H2. The van der Waals surface area contributed by atoms with Crippen LogP contribution in [0.4, 0.5) is 0 Å². The number of pyridine rings is 1. The lowest BCUT2D eigenvalue weighted by Crippen LogP contribution is -2.32. The van der Waals surface area contributed by atoms with E-state index >= 15 is 0 Å². The van der Waals surface area contributed by atoms with Crippen LogP contribution in [-0.4, -0.2) is 33.7 Å². The molecule has 1 aliphatic rings. The zero-order valence-corrected chi connectivity index (χ0v) is 12.6. The van der Waals surface area contributed by atoms with Crippen LogP contribution < -0.4 is 0 Å². The van der Waals surface area contributed by atoms with Gasteiger partial charge in [0, 0.05) is 25.0 Å². The van der Waals surface area contributed by atoms with E-state index in [2.05, 4.69) is 15.0 Å². The Hall–Kier alpha value is -1.57. The Morgan fingerprint density at radius 3 is 2.38 bits per heavy atom. The lowest BCUT2D eigenvalue weighted by Gasteiger charge is -2.21. The van der Waals surface area contributed by atoms with Crippen molar-refractivity contribution in [2.75, 3.05) is 0 Å². The van der Waals surface area contributed by atoms with Crippen LogP contribution in [0.3, 0.4) is 0 Å². The van der Waals surface area contributed by atoms with Gasteiger partial charge in [0.1, 0.15) is 4.90 Å². The zero-order chi connectivity index (χ0) is 14.9. The van der Waals surface area contributed by atoms with Gasteiger partial charge in [-0.3, -0.25) is 4.98 Å². The number of halogens is 1. The first-order chi connectivity index (χ1) is 10.1. The summed E-state index contributed by atoms with van der Waals surface area (Å²) in [6.45, 7) is 0.318. The van der Waals surface area contributed by atoms with Gasteiger partial charge in [0.2, 0.25) is 15.3 Å². The lowest BCUT2D eigenvalue weighted by atomic mass is 10.3. The van der Waals surface area contributed by atoms with E-state index in [9.17, 15) is 8.42 Å². The van der Waals surface area contributed by atoms with Gasteiger partial charge in [-0.25, -0.2) is 18.4 Å². The Morgan fingerprint density at radius 1 is 1.19 bits per heavy atom. The molecule has 2 aromatic heterocycles. The molecule has 6 nitrogen and oxygen atoms in total. The second kappa shape index (κ2) is 5.67. The molecular weight excluding hydrogens is 312 g/mol. The largest absolute Gasteiger partial charge is 0.265 e. The maximum Gasteiger partial charge on any atom is 0.246 e. The van der Waals surface area contributed by atoms with Crippen molar-refractivity contribution in [3.63, 3.8) is 0 Å². The smallest absolute Gasteiger partial charge is 0.246 e. The van der Waals surface area contributed by atoms with Gasteiger partial charge in [0.05, 0.1) is 12.4 Å². The SMILES string of the molecule is O=S(=O)(c1cnc(Cl)nc1)N(Cc1ccncc1)C1CC1. The summed E-state index contributed by atoms with van der Waals surface area (Å²) in [5.41, 5.74) is 0.898. The number of nitrogens with zero attached hydrogens (tertiary/aromatic N) is 4. The van der Waals surface area contributed by atoms with E-state index in [1.54, 1.807) is 12.4 Å². The minimum atomic E-state index is -3.62. The van der Waals surface area contributed by atoms with Gasteiger partial charge in [0.15, 0.2) is 0 Å². The number of hydrogen-bond donors (Lipinski definition) is 0. The van der Waals surface area contributed by atoms with Crippen molar-refractivity contribution in [3.8, 4) is 0 Å². The summed E-state index contributed by atoms with van der Waals surface area (Å²) in [5, 5.41) is 0.0288. The second-order valence-corrected chi connectivity index (χ2v) is 7.05. The van der Waals surface area contributed by atoms with E-state index in [1.165, 1.54) is 16.7 Å². The molecule has 110 valence electrons. The summed E-state index contributed by atoms with van der Waals surface area (Å²) in [6, 6.07) is 3.66. The van der Waals surface area contributed by atoms with Crippen molar-refractivity contribution in [1.29, 1.82) is 0 Å². The Bertz CT molecular complexity index is 718. The highest BCUT2D eigenvalue weighted by Crippen LogP contribution is 2.33. The van der Waals surface area contributed by atoms with Crippen molar-refractivity contribution in [2.45, 2.75) is 30.3 Å². The van der Waals surface area contributed by atoms with E-state index in [1.807, 2.05) is 12.1 Å². The minimum absolute atomic E-state index is 0.0288. The number of hydrogen-bond acceptors (Lipinski definition) is 5. The van der Waals surface area contributed by atoms with E-state index in [0.717, 1.165) is 18.4 Å². The summed E-state index contributed by atoms with van der Waals surface area (Å²) < 4.78 is 26.9. The van der Waals surface area contributed by atoms with Crippen molar-refractivity contribution in [3.05, 3.63) is 47.8 Å². The number of rotatable bonds is 5. The van der Waals surface area contributed by atoms with Crippen LogP contribution in [0.15, 0.2) is 41.8 Å². The van der Waals surface area contributed by atoms with Gasteiger partial charge < -0.3 is 0 Å². The molecule has 0 N–H and O–H groups in total. The van der Waals surface area contributed by atoms with Gasteiger partial charge >= 0.3 is 0 Å². The van der Waals surface area contributed by atoms with Crippen LogP contribution >= 0.6 is 11.6 Å². The molecule has 0 spiro atoms. The average molecular weight is 325 g/mol. The van der Waals surface area contributed by atoms with Gasteiger partial charge in [-0.1, -0.05) is 0 Å². The Labute approximate surface area is 127 Å². The van der Waals surface area contributed by atoms with Crippen LogP contribution in [-0.2, 0) is 16.6 Å². The van der Waals surface area contributed by atoms with Crippen molar-refractivity contribution >= 4 is 21.6 Å². The quantitative estimate of drug-likeness (QED) is 0.785. The highest BCUT2D eigenvalue weighted by Gasteiger charge is 2.38. The fraction of sp³-hybridized carbons (Fsp3) is 0.308. The van der Waals surface area contributed by atoms with Crippen molar-refractivity contribution in [1.82, 2.24) is 19.3 Å². The Kier molecular flexibility index (Phi) is 3.88. The highest BCUT2D eigenvalue weighted by molar-refractivity contribution is 7.89. The zero-order valence-electron chi connectivity index (χ0n) is 11.1. The Morgan fingerprint density at radius 2 is 1.81 bits per heavy atom. The third-order valence-electron chi connectivity index (χ3n) is 3.25. The molecule has 0 radical (unpaired) electrons. The third-order valence-corrected chi connectivity index (χ3v) is 5.29. The predicted octanol–water partition coefficient (Wildman–Crippen LogP) is 1.88. The molecule has 1 fully saturated rings. The summed E-state index contributed by atoms with van der Waals surface area (Å²) in [4.78, 5) is 11.5. The second-order valence-electron chi connectivity index (χ2n) is 4.82. The van der Waals surface area contributed by atoms with Crippen LogP contribution in [0.25, 0.3) is 0 Å². The molecule has 0 unspecified atom stereocenters. The molecule has 21 heavy (non-hydrogen) atoms. The molecule has 1 saturated carbocycles. The maximum absolute atomic E-state index is 12.7. The fourth-order valence-electron chi connectivity index (χ4n) is 2.01. The molecule has 0 bridgehead atoms. The molecule has 1 aliphatic carbocycles. The van der Waals surface area contributed by atoms with Gasteiger partial charge in [-0.2, -0.15) is 4.31 Å². The molecule has 0 aliphatic heterocycles. The summed E-state index contributed by atoms with van der Waals surface area (Å²) in [5.74, 6) is 0. The van der Waals surface area contributed by atoms with Gasteiger partial charge in [0.25, 0.3) is 0 Å². The fourth-order valence-corrected chi connectivity index (χ4v) is 3.67. The first-order valence-electron chi connectivity index (χ1n) is 6.45. The van der Waals surface area contributed by atoms with Crippen LogP contribution in [0.2, 0.25) is 5.28 Å². The summed E-state index contributed by atoms with van der Waals surface area (Å²) in [7, 11) is -3.62. The van der Waals surface area contributed by atoms with Gasteiger partial charge in [-0.05, 0) is 42.1 Å². The molecule has 0 atom stereocenters. The number of aromatic nitrogens is 3. The van der Waals surface area contributed by atoms with E-state index < -0.39 is 10.0 Å². The van der Waals surface area contributed by atoms with E-state index in [4.69, 9.17) is 11.6 Å². The molecule has 0 amide bonds. The highest BCUT2D eigenvalue weighted by atomic mass is 35.5. The number of sulfonamides is 1. The molecular formula is C13H13ClN4O2S. The van der Waals surface area contributed by atoms with Crippen LogP contribution in [0, 0.1) is 0 Å². The minimum Gasteiger partial charge on any atom is -0.265 e. The molecule has 2 heterocycles. The predicted molar refractivity (Wildman–Crippen MR) is 77.0 cm³/mol. The van der Waals surface area contributed by atoms with E-state index in [-0.39, 0.29) is 16.2 Å². The van der Waals surface area contributed by atoms with Crippen molar-refractivity contribution in [2.24, 2.45) is 0 Å². The van der Waals surface area contributed by atoms with Crippen molar-refractivity contribution < 1.29 is 8.42 Å². The van der Waals surface area contributed by atoms with Gasteiger partial charge in [-0.15, -0.1) is 0 Å². The Balaban J connectivity index is 1.91. The molecule has 0 saturated heterocycles. The summed E-state index contributed by atoms with van der Waals surface area (Å²) >= 11 is 5.61.